The molecule has 0 aliphatic carbocycles. The van der Waals surface area contributed by atoms with Crippen LogP contribution in [0.25, 0.3) is 0 Å². The van der Waals surface area contributed by atoms with Crippen molar-refractivity contribution >= 4 is 5.91 Å². The number of halogens is 1. The third-order valence-corrected chi connectivity index (χ3v) is 5.18. The Bertz CT molecular complexity index is 797. The Hall–Kier alpha value is -2.44. The second-order valence-electron chi connectivity index (χ2n) is 7.39. The maximum absolute atomic E-state index is 13.1. The van der Waals surface area contributed by atoms with E-state index >= 15 is 0 Å². The highest BCUT2D eigenvalue weighted by molar-refractivity contribution is 5.78. The molecule has 0 radical (unpaired) electrons. The molecule has 1 aliphatic rings. The largest absolute Gasteiger partial charge is 0.484 e. The van der Waals surface area contributed by atoms with E-state index in [0.717, 1.165) is 24.2 Å². The number of benzene rings is 2. The molecule has 0 unspecified atom stereocenters. The summed E-state index contributed by atoms with van der Waals surface area (Å²) in [6, 6.07) is 13.9. The van der Waals surface area contributed by atoms with Crippen molar-refractivity contribution in [3.63, 3.8) is 0 Å². The second-order valence-corrected chi connectivity index (χ2v) is 7.39. The van der Waals surface area contributed by atoms with Crippen molar-refractivity contribution in [1.29, 1.82) is 0 Å². The topological polar surface area (TPSA) is 53.0 Å². The number of amides is 1. The lowest BCUT2D eigenvalue weighted by Crippen LogP contribution is -2.58. The van der Waals surface area contributed by atoms with Crippen LogP contribution >= 0.6 is 0 Å². The summed E-state index contributed by atoms with van der Waals surface area (Å²) in [6.45, 7) is 6.17. The zero-order chi connectivity index (χ0) is 20.1. The molecule has 2 aromatic carbocycles. The number of ether oxygens (including phenoxy) is 1. The zero-order valence-corrected chi connectivity index (χ0v) is 16.3. The van der Waals surface area contributed by atoms with Gasteiger partial charge in [0.15, 0.2) is 6.61 Å². The first-order chi connectivity index (χ1) is 13.5. The summed E-state index contributed by atoms with van der Waals surface area (Å²) < 4.78 is 18.7. The van der Waals surface area contributed by atoms with Gasteiger partial charge in [-0.05, 0) is 49.2 Å². The van der Waals surface area contributed by atoms with Crippen LogP contribution in [0.15, 0.2) is 48.5 Å². The number of nitrogens with zero attached hydrogens (tertiary/aromatic N) is 2. The molecule has 1 fully saturated rings. The van der Waals surface area contributed by atoms with Crippen LogP contribution in [0.1, 0.15) is 25.0 Å². The van der Waals surface area contributed by atoms with E-state index in [0.29, 0.717) is 12.3 Å². The van der Waals surface area contributed by atoms with E-state index in [1.165, 1.54) is 12.1 Å². The average Bonchev–Trinajstić information content (AvgIpc) is 2.70. The smallest absolute Gasteiger partial charge is 0.260 e. The van der Waals surface area contributed by atoms with Crippen LogP contribution < -0.4 is 4.74 Å². The molecule has 28 heavy (non-hydrogen) atoms. The van der Waals surface area contributed by atoms with Gasteiger partial charge in [0.2, 0.25) is 0 Å². The first kappa shape index (κ1) is 20.3. The quantitative estimate of drug-likeness (QED) is 0.830. The molecule has 2 aromatic rings. The highest BCUT2D eigenvalue weighted by Crippen LogP contribution is 2.19. The van der Waals surface area contributed by atoms with Crippen molar-refractivity contribution in [1.82, 2.24) is 9.80 Å². The Morgan fingerprint density at radius 3 is 2.57 bits per heavy atom. The highest BCUT2D eigenvalue weighted by Gasteiger charge is 2.32. The number of rotatable bonds is 6. The number of piperazine rings is 1. The summed E-state index contributed by atoms with van der Waals surface area (Å²) in [5, 5.41) is 9.20. The summed E-state index contributed by atoms with van der Waals surface area (Å²) in [5.41, 5.74) is 1.81. The lowest BCUT2D eigenvalue weighted by Gasteiger charge is -2.44. The predicted octanol–water partition coefficient (Wildman–Crippen LogP) is 2.82. The van der Waals surface area contributed by atoms with Crippen LogP contribution in [-0.2, 0) is 17.9 Å². The summed E-state index contributed by atoms with van der Waals surface area (Å²) in [4.78, 5) is 16.9. The minimum atomic E-state index is -0.231. The van der Waals surface area contributed by atoms with E-state index in [-0.39, 0.29) is 37.0 Å². The molecule has 5 nitrogen and oxygen atoms in total. The molecule has 1 amide bonds. The van der Waals surface area contributed by atoms with Crippen molar-refractivity contribution in [2.75, 3.05) is 19.7 Å². The molecule has 0 aromatic heterocycles. The van der Waals surface area contributed by atoms with E-state index in [1.54, 1.807) is 36.4 Å². The molecule has 1 saturated heterocycles. The molecular weight excluding hydrogens is 359 g/mol. The second kappa shape index (κ2) is 9.17. The van der Waals surface area contributed by atoms with E-state index in [2.05, 4.69) is 11.8 Å². The molecule has 0 spiro atoms. The van der Waals surface area contributed by atoms with Gasteiger partial charge in [0, 0.05) is 31.7 Å². The van der Waals surface area contributed by atoms with E-state index in [9.17, 15) is 14.3 Å². The molecule has 0 saturated carbocycles. The van der Waals surface area contributed by atoms with Crippen LogP contribution in [0.5, 0.6) is 5.75 Å². The van der Waals surface area contributed by atoms with Gasteiger partial charge in [0.1, 0.15) is 11.6 Å². The number of carbonyl (C=O) groups excluding carboxylic acids is 1. The minimum Gasteiger partial charge on any atom is -0.484 e. The lowest BCUT2D eigenvalue weighted by molar-refractivity contribution is -0.139. The van der Waals surface area contributed by atoms with Gasteiger partial charge in [-0.1, -0.05) is 24.3 Å². The van der Waals surface area contributed by atoms with Crippen molar-refractivity contribution in [2.24, 2.45) is 0 Å². The molecule has 1 N–H and O–H groups in total. The fourth-order valence-corrected chi connectivity index (χ4v) is 3.55. The maximum atomic E-state index is 13.1. The first-order valence-corrected chi connectivity index (χ1v) is 9.57. The fourth-order valence-electron chi connectivity index (χ4n) is 3.55. The van der Waals surface area contributed by atoms with Gasteiger partial charge in [-0.3, -0.25) is 9.69 Å². The molecule has 2 atom stereocenters. The van der Waals surface area contributed by atoms with Gasteiger partial charge in [-0.25, -0.2) is 4.39 Å². The first-order valence-electron chi connectivity index (χ1n) is 9.57. The molecule has 0 bridgehead atoms. The average molecular weight is 386 g/mol. The molecule has 3 rings (SSSR count). The SMILES string of the molecule is C[C@@H]1CN(Cc2ccc(F)cc2)[C@@H](C)CN1C(=O)COc1cccc(CO)c1. The van der Waals surface area contributed by atoms with Crippen LogP contribution in [-0.4, -0.2) is 52.6 Å². The van der Waals surface area contributed by atoms with Crippen molar-refractivity contribution < 1.29 is 19.0 Å². The molecule has 150 valence electrons. The van der Waals surface area contributed by atoms with Gasteiger partial charge >= 0.3 is 0 Å². The van der Waals surface area contributed by atoms with Gasteiger partial charge in [0.05, 0.1) is 6.61 Å². The predicted molar refractivity (Wildman–Crippen MR) is 105 cm³/mol. The van der Waals surface area contributed by atoms with Crippen LogP contribution in [0.4, 0.5) is 4.39 Å². The van der Waals surface area contributed by atoms with Crippen LogP contribution in [0.3, 0.4) is 0 Å². The summed E-state index contributed by atoms with van der Waals surface area (Å²) in [6.07, 6.45) is 0. The molecular formula is C22H27FN2O3. The van der Waals surface area contributed by atoms with E-state index in [1.807, 2.05) is 11.8 Å². The van der Waals surface area contributed by atoms with Gasteiger partial charge in [-0.15, -0.1) is 0 Å². The van der Waals surface area contributed by atoms with E-state index < -0.39 is 0 Å². The Morgan fingerprint density at radius 2 is 1.86 bits per heavy atom. The lowest BCUT2D eigenvalue weighted by atomic mass is 10.1. The molecule has 1 aliphatic heterocycles. The summed E-state index contributed by atoms with van der Waals surface area (Å²) in [7, 11) is 0. The summed E-state index contributed by atoms with van der Waals surface area (Å²) >= 11 is 0. The fraction of sp³-hybridized carbons (Fsp3) is 0.409. The normalized spacial score (nSPS) is 20.2. The number of hydrogen-bond acceptors (Lipinski definition) is 4. The summed E-state index contributed by atoms with van der Waals surface area (Å²) in [5.74, 6) is 0.302. The Balaban J connectivity index is 1.55. The Kier molecular flexibility index (Phi) is 6.65. The van der Waals surface area contributed by atoms with Crippen LogP contribution in [0, 0.1) is 5.82 Å². The van der Waals surface area contributed by atoms with Crippen molar-refractivity contribution in [3.05, 3.63) is 65.5 Å². The Morgan fingerprint density at radius 1 is 1.11 bits per heavy atom. The third kappa shape index (κ3) is 5.09. The maximum Gasteiger partial charge on any atom is 0.260 e. The third-order valence-electron chi connectivity index (χ3n) is 5.18. The number of aliphatic hydroxyl groups excluding tert-OH is 1. The number of hydrogen-bond donors (Lipinski definition) is 1. The number of carbonyl (C=O) groups is 1. The van der Waals surface area contributed by atoms with Gasteiger partial charge < -0.3 is 14.7 Å². The van der Waals surface area contributed by atoms with Gasteiger partial charge in [0.25, 0.3) is 5.91 Å². The molecule has 1 heterocycles. The monoisotopic (exact) mass is 386 g/mol. The minimum absolute atomic E-state index is 0.0239. The van der Waals surface area contributed by atoms with Crippen LogP contribution in [0.2, 0.25) is 0 Å². The zero-order valence-electron chi connectivity index (χ0n) is 16.3. The van der Waals surface area contributed by atoms with E-state index in [4.69, 9.17) is 4.74 Å². The number of aliphatic hydroxyl groups is 1. The standard InChI is InChI=1S/C22H27FN2O3/c1-16-12-25(22(27)15-28-21-5-3-4-19(10-21)14-26)17(2)11-24(16)13-18-6-8-20(23)9-7-18/h3-10,16-17,26H,11-15H2,1-2H3/t16-,17+/m0/s1. The van der Waals surface area contributed by atoms with Crippen molar-refractivity contribution in [2.45, 2.75) is 39.1 Å². The van der Waals surface area contributed by atoms with Crippen molar-refractivity contribution in [3.8, 4) is 5.75 Å². The molecule has 6 heteroatoms. The highest BCUT2D eigenvalue weighted by atomic mass is 19.1. The van der Waals surface area contributed by atoms with Gasteiger partial charge in [-0.2, -0.15) is 0 Å². The Labute approximate surface area is 165 Å².